The normalized spacial score (nSPS) is 19.0. The molecule has 0 bridgehead atoms. The average molecular weight is 336 g/mol. The van der Waals surface area contributed by atoms with Gasteiger partial charge in [-0.2, -0.15) is 0 Å². The quantitative estimate of drug-likeness (QED) is 0.933. The smallest absolute Gasteiger partial charge is 0.317 e. The average Bonchev–Trinajstić information content (AvgIpc) is 3.04. The lowest BCUT2D eigenvalue weighted by Crippen LogP contribution is -2.61. The molecule has 130 valence electrons. The van der Waals surface area contributed by atoms with E-state index in [-0.39, 0.29) is 6.03 Å². The van der Waals surface area contributed by atoms with Crippen LogP contribution in [0.5, 0.6) is 0 Å². The molecule has 5 nitrogen and oxygen atoms in total. The van der Waals surface area contributed by atoms with Crippen molar-refractivity contribution in [1.82, 2.24) is 20.1 Å². The number of carbonyl (C=O) groups excluding carboxylic acids is 1. The highest BCUT2D eigenvalue weighted by Crippen LogP contribution is 2.39. The minimum absolute atomic E-state index is 0.0557. The first kappa shape index (κ1) is 16.1. The van der Waals surface area contributed by atoms with E-state index >= 15 is 0 Å². The zero-order chi connectivity index (χ0) is 17.1. The summed E-state index contributed by atoms with van der Waals surface area (Å²) in [6.07, 6.45) is 4.93. The van der Waals surface area contributed by atoms with Crippen molar-refractivity contribution in [1.29, 1.82) is 0 Å². The molecule has 2 aliphatic rings. The first-order chi connectivity index (χ1) is 12.2. The Hall–Kier alpha value is -2.40. The number of nitrogens with zero attached hydrogens (tertiary/aromatic N) is 3. The van der Waals surface area contributed by atoms with Gasteiger partial charge < -0.3 is 10.2 Å². The summed E-state index contributed by atoms with van der Waals surface area (Å²) in [5.74, 6) is 0. The third kappa shape index (κ3) is 3.66. The lowest BCUT2D eigenvalue weighted by Gasteiger charge is -2.48. The largest absolute Gasteiger partial charge is 0.334 e. The summed E-state index contributed by atoms with van der Waals surface area (Å²) >= 11 is 0. The van der Waals surface area contributed by atoms with Crippen LogP contribution in [0.25, 0.3) is 0 Å². The van der Waals surface area contributed by atoms with Crippen molar-refractivity contribution >= 4 is 6.03 Å². The maximum absolute atomic E-state index is 12.3. The second kappa shape index (κ2) is 6.84. The van der Waals surface area contributed by atoms with Crippen LogP contribution >= 0.6 is 0 Å². The maximum atomic E-state index is 12.3. The molecule has 0 unspecified atom stereocenters. The van der Waals surface area contributed by atoms with Crippen molar-refractivity contribution in [2.45, 2.75) is 19.5 Å². The van der Waals surface area contributed by atoms with Gasteiger partial charge in [0.25, 0.3) is 0 Å². The van der Waals surface area contributed by atoms with Crippen LogP contribution in [-0.4, -0.2) is 47.0 Å². The van der Waals surface area contributed by atoms with E-state index in [9.17, 15) is 4.79 Å². The summed E-state index contributed by atoms with van der Waals surface area (Å²) in [6, 6.07) is 14.2. The van der Waals surface area contributed by atoms with E-state index in [1.807, 2.05) is 53.7 Å². The Bertz CT molecular complexity index is 713. The maximum Gasteiger partial charge on any atom is 0.317 e. The van der Waals surface area contributed by atoms with E-state index in [2.05, 4.69) is 21.3 Å². The topological polar surface area (TPSA) is 48.5 Å². The summed E-state index contributed by atoms with van der Waals surface area (Å²) in [5, 5.41) is 3.02. The van der Waals surface area contributed by atoms with Gasteiger partial charge in [0, 0.05) is 50.5 Å². The minimum Gasteiger partial charge on any atom is -0.334 e. The number of urea groups is 1. The Balaban J connectivity index is 1.24. The van der Waals surface area contributed by atoms with Crippen LogP contribution in [0.1, 0.15) is 17.5 Å². The molecule has 1 aromatic carbocycles. The van der Waals surface area contributed by atoms with Crippen LogP contribution in [0.15, 0.2) is 54.9 Å². The summed E-state index contributed by atoms with van der Waals surface area (Å²) in [7, 11) is 0. The van der Waals surface area contributed by atoms with Crippen LogP contribution in [0.2, 0.25) is 0 Å². The van der Waals surface area contributed by atoms with E-state index in [1.165, 1.54) is 12.0 Å². The molecule has 1 N–H and O–H groups in total. The van der Waals surface area contributed by atoms with Crippen LogP contribution in [-0.2, 0) is 13.1 Å². The standard InChI is InChI=1S/C20H24N4O/c25-19(22-12-17-5-2-1-3-6-17)24-15-20(16-24)8-10-23(14-20)13-18-7-4-9-21-11-18/h1-7,9,11H,8,10,12-16H2,(H,22,25). The van der Waals surface area contributed by atoms with Crippen LogP contribution in [0, 0.1) is 5.41 Å². The molecule has 2 aromatic rings. The van der Waals surface area contributed by atoms with Gasteiger partial charge in [0.15, 0.2) is 0 Å². The van der Waals surface area contributed by atoms with Crippen molar-refractivity contribution in [3.8, 4) is 0 Å². The van der Waals surface area contributed by atoms with Gasteiger partial charge in [-0.25, -0.2) is 4.79 Å². The number of hydrogen-bond acceptors (Lipinski definition) is 3. The molecule has 0 radical (unpaired) electrons. The van der Waals surface area contributed by atoms with E-state index in [0.717, 1.165) is 38.3 Å². The zero-order valence-electron chi connectivity index (χ0n) is 14.4. The molecule has 0 saturated carbocycles. The van der Waals surface area contributed by atoms with Gasteiger partial charge in [0.2, 0.25) is 0 Å². The zero-order valence-corrected chi connectivity index (χ0v) is 14.4. The molecule has 0 atom stereocenters. The summed E-state index contributed by atoms with van der Waals surface area (Å²) in [5.41, 5.74) is 2.69. The highest BCUT2D eigenvalue weighted by Gasteiger charge is 2.49. The molecule has 2 aliphatic heterocycles. The Morgan fingerprint density at radius 1 is 1.08 bits per heavy atom. The molecule has 1 spiro atoms. The molecule has 25 heavy (non-hydrogen) atoms. The highest BCUT2D eigenvalue weighted by molar-refractivity contribution is 5.75. The number of hydrogen-bond donors (Lipinski definition) is 1. The predicted octanol–water partition coefficient (Wildman–Crippen LogP) is 2.50. The molecular formula is C20H24N4O. The van der Waals surface area contributed by atoms with Crippen molar-refractivity contribution in [2.24, 2.45) is 5.41 Å². The number of nitrogens with one attached hydrogen (secondary N) is 1. The third-order valence-electron chi connectivity index (χ3n) is 5.27. The molecular weight excluding hydrogens is 312 g/mol. The van der Waals surface area contributed by atoms with Gasteiger partial charge in [-0.1, -0.05) is 36.4 Å². The van der Waals surface area contributed by atoms with Gasteiger partial charge in [-0.05, 0) is 30.2 Å². The van der Waals surface area contributed by atoms with Gasteiger partial charge in [-0.15, -0.1) is 0 Å². The van der Waals surface area contributed by atoms with Gasteiger partial charge in [0.05, 0.1) is 0 Å². The highest BCUT2D eigenvalue weighted by atomic mass is 16.2. The van der Waals surface area contributed by atoms with Gasteiger partial charge >= 0.3 is 6.03 Å². The summed E-state index contributed by atoms with van der Waals surface area (Å²) < 4.78 is 0. The fourth-order valence-electron chi connectivity index (χ4n) is 3.96. The number of benzene rings is 1. The van der Waals surface area contributed by atoms with E-state index < -0.39 is 0 Å². The number of likely N-dealkylation sites (tertiary alicyclic amines) is 2. The molecule has 0 aliphatic carbocycles. The van der Waals surface area contributed by atoms with Crippen LogP contribution < -0.4 is 5.32 Å². The van der Waals surface area contributed by atoms with Crippen LogP contribution in [0.3, 0.4) is 0 Å². The van der Waals surface area contributed by atoms with Gasteiger partial charge in [0.1, 0.15) is 0 Å². The Morgan fingerprint density at radius 3 is 2.64 bits per heavy atom. The van der Waals surface area contributed by atoms with Crippen molar-refractivity contribution in [2.75, 3.05) is 26.2 Å². The molecule has 2 amide bonds. The Morgan fingerprint density at radius 2 is 1.88 bits per heavy atom. The lowest BCUT2D eigenvalue weighted by molar-refractivity contribution is 0.0378. The van der Waals surface area contributed by atoms with Crippen LogP contribution in [0.4, 0.5) is 4.79 Å². The minimum atomic E-state index is 0.0557. The fourth-order valence-corrected chi connectivity index (χ4v) is 3.96. The number of pyridine rings is 1. The van der Waals surface area contributed by atoms with E-state index in [1.54, 1.807) is 0 Å². The second-order valence-corrected chi connectivity index (χ2v) is 7.32. The molecule has 2 fully saturated rings. The van der Waals surface area contributed by atoms with E-state index in [4.69, 9.17) is 0 Å². The molecule has 4 rings (SSSR count). The van der Waals surface area contributed by atoms with Gasteiger partial charge in [-0.3, -0.25) is 9.88 Å². The van der Waals surface area contributed by atoms with Crippen molar-refractivity contribution in [3.05, 3.63) is 66.0 Å². The van der Waals surface area contributed by atoms with Crippen molar-refractivity contribution < 1.29 is 4.79 Å². The fraction of sp³-hybridized carbons (Fsp3) is 0.400. The van der Waals surface area contributed by atoms with E-state index in [0.29, 0.717) is 12.0 Å². The summed E-state index contributed by atoms with van der Waals surface area (Å²) in [6.45, 7) is 5.47. The number of aromatic nitrogens is 1. The summed E-state index contributed by atoms with van der Waals surface area (Å²) in [4.78, 5) is 20.9. The molecule has 3 heterocycles. The lowest BCUT2D eigenvalue weighted by atomic mass is 9.79. The SMILES string of the molecule is O=C(NCc1ccccc1)N1CC2(CCN(Cc3cccnc3)C2)C1. The monoisotopic (exact) mass is 336 g/mol. The number of carbonyl (C=O) groups is 1. The first-order valence-electron chi connectivity index (χ1n) is 8.90. The second-order valence-electron chi connectivity index (χ2n) is 7.32. The Labute approximate surface area is 148 Å². The third-order valence-corrected chi connectivity index (χ3v) is 5.27. The molecule has 5 heteroatoms. The Kier molecular flexibility index (Phi) is 4.40. The molecule has 2 saturated heterocycles. The number of amides is 2. The molecule has 1 aromatic heterocycles. The number of rotatable bonds is 4. The first-order valence-corrected chi connectivity index (χ1v) is 8.90. The van der Waals surface area contributed by atoms with Crippen molar-refractivity contribution in [3.63, 3.8) is 0 Å². The predicted molar refractivity (Wildman–Crippen MR) is 96.8 cm³/mol.